The highest BCUT2D eigenvalue weighted by molar-refractivity contribution is 7.92. The van der Waals surface area contributed by atoms with Crippen LogP contribution < -0.4 is 9.62 Å². The maximum atomic E-state index is 13.5. The molecule has 0 aliphatic carbocycles. The Bertz CT molecular complexity index is 1220. The molecule has 0 spiro atoms. The third kappa shape index (κ3) is 6.06. The van der Waals surface area contributed by atoms with E-state index in [9.17, 15) is 13.2 Å². The van der Waals surface area contributed by atoms with Gasteiger partial charge in [0.25, 0.3) is 10.0 Å². The number of hydrogen-bond acceptors (Lipinski definition) is 3. The van der Waals surface area contributed by atoms with E-state index in [4.69, 9.17) is 0 Å². The molecule has 5 nitrogen and oxygen atoms in total. The predicted molar refractivity (Wildman–Crippen MR) is 139 cm³/mol. The highest BCUT2D eigenvalue weighted by atomic mass is 32.2. The second-order valence-electron chi connectivity index (χ2n) is 9.83. The number of carbonyl (C=O) groups is 1. The number of aryl methyl sites for hydroxylation is 2. The van der Waals surface area contributed by atoms with Crippen molar-refractivity contribution in [3.8, 4) is 0 Å². The zero-order valence-corrected chi connectivity index (χ0v) is 21.6. The van der Waals surface area contributed by atoms with Crippen LogP contribution in [0.15, 0.2) is 77.7 Å². The first kappa shape index (κ1) is 25.5. The molecular weight excluding hydrogens is 444 g/mol. The first-order chi connectivity index (χ1) is 15.9. The van der Waals surface area contributed by atoms with E-state index >= 15 is 0 Å². The summed E-state index contributed by atoms with van der Waals surface area (Å²) >= 11 is 0. The van der Waals surface area contributed by atoms with Crippen LogP contribution in [0.3, 0.4) is 0 Å². The summed E-state index contributed by atoms with van der Waals surface area (Å²) in [5, 5.41) is 2.96. The molecule has 34 heavy (non-hydrogen) atoms. The standard InChI is InChI=1S/C28H34N2O3S/c1-20-16-21(2)18-25(17-20)30(34(32,33)26-10-8-7-9-11-26)19-27(31)29-22(3)23-12-14-24(15-13-23)28(4,5)6/h7-18,22H,19H2,1-6H3,(H,29,31)/t22-/m1/s1. The lowest BCUT2D eigenvalue weighted by Gasteiger charge is -2.26. The van der Waals surface area contributed by atoms with E-state index in [-0.39, 0.29) is 28.8 Å². The van der Waals surface area contributed by atoms with Gasteiger partial charge in [-0.3, -0.25) is 9.10 Å². The molecule has 1 N–H and O–H groups in total. The second kappa shape index (κ2) is 10.0. The van der Waals surface area contributed by atoms with Crippen LogP contribution in [0.25, 0.3) is 0 Å². The van der Waals surface area contributed by atoms with E-state index < -0.39 is 10.0 Å². The fourth-order valence-corrected chi connectivity index (χ4v) is 5.33. The van der Waals surface area contributed by atoms with Gasteiger partial charge in [-0.05, 0) is 72.7 Å². The summed E-state index contributed by atoms with van der Waals surface area (Å²) in [6.45, 7) is 11.9. The van der Waals surface area contributed by atoms with E-state index in [1.807, 2.05) is 39.0 Å². The maximum absolute atomic E-state index is 13.5. The molecule has 1 amide bonds. The summed E-state index contributed by atoms with van der Waals surface area (Å²) in [5.41, 5.74) is 4.55. The minimum Gasteiger partial charge on any atom is -0.348 e. The molecule has 180 valence electrons. The van der Waals surface area contributed by atoms with Crippen molar-refractivity contribution in [1.29, 1.82) is 0 Å². The lowest BCUT2D eigenvalue weighted by atomic mass is 9.86. The lowest BCUT2D eigenvalue weighted by molar-refractivity contribution is -0.120. The third-order valence-electron chi connectivity index (χ3n) is 5.77. The Morgan fingerprint density at radius 3 is 2.00 bits per heavy atom. The van der Waals surface area contributed by atoms with E-state index in [2.05, 4.69) is 38.2 Å². The summed E-state index contributed by atoms with van der Waals surface area (Å²) in [7, 11) is -3.93. The summed E-state index contributed by atoms with van der Waals surface area (Å²) in [5.74, 6) is -0.369. The molecule has 0 unspecified atom stereocenters. The molecule has 6 heteroatoms. The molecule has 0 aliphatic rings. The number of amides is 1. The Labute approximate surface area is 203 Å². The van der Waals surface area contributed by atoms with Gasteiger partial charge in [0.15, 0.2) is 0 Å². The average molecular weight is 479 g/mol. The summed E-state index contributed by atoms with van der Waals surface area (Å²) < 4.78 is 28.2. The Morgan fingerprint density at radius 2 is 1.47 bits per heavy atom. The molecule has 0 saturated heterocycles. The average Bonchev–Trinajstić information content (AvgIpc) is 2.76. The molecule has 3 aromatic rings. The van der Waals surface area contributed by atoms with E-state index in [1.54, 1.807) is 42.5 Å². The van der Waals surface area contributed by atoms with Crippen molar-refractivity contribution in [1.82, 2.24) is 5.32 Å². The molecule has 0 fully saturated rings. The first-order valence-electron chi connectivity index (χ1n) is 11.4. The molecule has 0 saturated carbocycles. The van der Waals surface area contributed by atoms with E-state index in [0.29, 0.717) is 5.69 Å². The van der Waals surface area contributed by atoms with Crippen LogP contribution in [-0.2, 0) is 20.2 Å². The minimum atomic E-state index is -3.93. The van der Waals surface area contributed by atoms with E-state index in [0.717, 1.165) is 16.7 Å². The van der Waals surface area contributed by atoms with Gasteiger partial charge in [0, 0.05) is 0 Å². The highest BCUT2D eigenvalue weighted by Crippen LogP contribution is 2.27. The van der Waals surface area contributed by atoms with Crippen LogP contribution in [0.2, 0.25) is 0 Å². The molecule has 0 aliphatic heterocycles. The van der Waals surface area contributed by atoms with Crippen LogP contribution in [0.1, 0.15) is 56.0 Å². The Balaban J connectivity index is 1.87. The summed E-state index contributed by atoms with van der Waals surface area (Å²) in [6, 6.07) is 21.6. The summed E-state index contributed by atoms with van der Waals surface area (Å²) in [6.07, 6.45) is 0. The third-order valence-corrected chi connectivity index (χ3v) is 7.56. The summed E-state index contributed by atoms with van der Waals surface area (Å²) in [4.78, 5) is 13.2. The zero-order chi connectivity index (χ0) is 25.1. The van der Waals surface area contributed by atoms with Gasteiger partial charge in [-0.15, -0.1) is 0 Å². The number of sulfonamides is 1. The van der Waals surface area contributed by atoms with Crippen LogP contribution >= 0.6 is 0 Å². The number of nitrogens with zero attached hydrogens (tertiary/aromatic N) is 1. The first-order valence-corrected chi connectivity index (χ1v) is 12.9. The monoisotopic (exact) mass is 478 g/mol. The Hall–Kier alpha value is -3.12. The second-order valence-corrected chi connectivity index (χ2v) is 11.7. The SMILES string of the molecule is Cc1cc(C)cc(N(CC(=O)N[C@H](C)c2ccc(C(C)(C)C)cc2)S(=O)(=O)c2ccccc2)c1. The fourth-order valence-electron chi connectivity index (χ4n) is 3.90. The molecule has 0 heterocycles. The minimum absolute atomic E-state index is 0.0449. The van der Waals surface area contributed by atoms with Crippen molar-refractivity contribution in [2.24, 2.45) is 0 Å². The molecule has 1 atom stereocenters. The molecule has 0 radical (unpaired) electrons. The van der Waals surface area contributed by atoms with Gasteiger partial charge in [-0.25, -0.2) is 8.42 Å². The van der Waals surface area contributed by atoms with Gasteiger partial charge < -0.3 is 5.32 Å². The molecule has 3 rings (SSSR count). The van der Waals surface area contributed by atoms with Crippen molar-refractivity contribution in [2.75, 3.05) is 10.8 Å². The predicted octanol–water partition coefficient (Wildman–Crippen LogP) is 5.67. The highest BCUT2D eigenvalue weighted by Gasteiger charge is 2.28. The quantitative estimate of drug-likeness (QED) is 0.475. The van der Waals surface area contributed by atoms with Crippen molar-refractivity contribution >= 4 is 21.6 Å². The molecule has 0 aromatic heterocycles. The number of carbonyl (C=O) groups excluding carboxylic acids is 1. The lowest BCUT2D eigenvalue weighted by Crippen LogP contribution is -2.41. The van der Waals surface area contributed by atoms with Gasteiger partial charge in [0.1, 0.15) is 6.54 Å². The van der Waals surface area contributed by atoms with Crippen LogP contribution in [-0.4, -0.2) is 20.9 Å². The Morgan fingerprint density at radius 1 is 0.912 bits per heavy atom. The van der Waals surface area contributed by atoms with Gasteiger partial charge in [0.05, 0.1) is 16.6 Å². The normalized spacial score (nSPS) is 12.8. The zero-order valence-electron chi connectivity index (χ0n) is 20.8. The largest absolute Gasteiger partial charge is 0.348 e. The molecular formula is C28H34N2O3S. The number of hydrogen-bond donors (Lipinski definition) is 1. The van der Waals surface area contributed by atoms with E-state index in [1.165, 1.54) is 9.87 Å². The van der Waals surface area contributed by atoms with Crippen LogP contribution in [0.4, 0.5) is 5.69 Å². The number of anilines is 1. The number of nitrogens with one attached hydrogen (secondary N) is 1. The maximum Gasteiger partial charge on any atom is 0.264 e. The van der Waals surface area contributed by atoms with Gasteiger partial charge in [-0.1, -0.05) is 69.3 Å². The van der Waals surface area contributed by atoms with Gasteiger partial charge in [-0.2, -0.15) is 0 Å². The Kier molecular flexibility index (Phi) is 7.51. The van der Waals surface area contributed by atoms with Crippen molar-refractivity contribution < 1.29 is 13.2 Å². The van der Waals surface area contributed by atoms with Crippen molar-refractivity contribution in [3.63, 3.8) is 0 Å². The van der Waals surface area contributed by atoms with Crippen LogP contribution in [0.5, 0.6) is 0 Å². The van der Waals surface area contributed by atoms with Crippen molar-refractivity contribution in [2.45, 2.75) is 57.9 Å². The number of benzene rings is 3. The van der Waals surface area contributed by atoms with Gasteiger partial charge >= 0.3 is 0 Å². The topological polar surface area (TPSA) is 66.5 Å². The van der Waals surface area contributed by atoms with Crippen LogP contribution in [0, 0.1) is 13.8 Å². The molecule has 3 aromatic carbocycles. The molecule has 0 bridgehead atoms. The van der Waals surface area contributed by atoms with Gasteiger partial charge in [0.2, 0.25) is 5.91 Å². The smallest absolute Gasteiger partial charge is 0.264 e. The van der Waals surface area contributed by atoms with Crippen molar-refractivity contribution in [3.05, 3.63) is 95.1 Å². The number of rotatable bonds is 7. The fraction of sp³-hybridized carbons (Fsp3) is 0.321.